The zero-order valence-corrected chi connectivity index (χ0v) is 14.0. The number of nitrogens with zero attached hydrogens (tertiary/aromatic N) is 1. The Morgan fingerprint density at radius 3 is 2.75 bits per heavy atom. The summed E-state index contributed by atoms with van der Waals surface area (Å²) in [6, 6.07) is 9.48. The number of rotatable bonds is 4. The van der Waals surface area contributed by atoms with Gasteiger partial charge in [0.1, 0.15) is 12.4 Å². The molecule has 0 radical (unpaired) electrons. The normalized spacial score (nSPS) is 20.4. The van der Waals surface area contributed by atoms with Crippen molar-refractivity contribution in [1.29, 1.82) is 5.26 Å². The zero-order chi connectivity index (χ0) is 17.1. The maximum absolute atomic E-state index is 12.5. The van der Waals surface area contributed by atoms with Crippen molar-refractivity contribution in [3.63, 3.8) is 0 Å². The molecule has 0 bridgehead atoms. The summed E-state index contributed by atoms with van der Waals surface area (Å²) < 4.78 is 5.37. The number of aliphatic hydroxyl groups excluding tert-OH is 1. The molecule has 24 heavy (non-hydrogen) atoms. The molecule has 1 aliphatic heterocycles. The summed E-state index contributed by atoms with van der Waals surface area (Å²) in [5, 5.41) is 22.0. The minimum absolute atomic E-state index is 0.0505. The molecule has 0 fully saturated rings. The maximum Gasteiger partial charge on any atom is 0.161 e. The number of hydrogen-bond donors (Lipinski definition) is 3. The highest BCUT2D eigenvalue weighted by Crippen LogP contribution is 2.42. The van der Waals surface area contributed by atoms with Gasteiger partial charge in [0.25, 0.3) is 0 Å². The first-order valence-electron chi connectivity index (χ1n) is 7.85. The summed E-state index contributed by atoms with van der Waals surface area (Å²) in [7, 11) is 0. The van der Waals surface area contributed by atoms with E-state index in [2.05, 4.69) is 24.0 Å². The molecule has 124 valence electrons. The fraction of sp³-hybridized carbons (Fsp3) is 0.333. The highest BCUT2D eigenvalue weighted by Gasteiger charge is 2.36. The highest BCUT2D eigenvalue weighted by atomic mass is 32.1. The van der Waals surface area contributed by atoms with E-state index in [1.807, 2.05) is 12.1 Å². The van der Waals surface area contributed by atoms with Gasteiger partial charge in [-0.1, -0.05) is 12.1 Å². The van der Waals surface area contributed by atoms with Gasteiger partial charge in [-0.2, -0.15) is 5.26 Å². The van der Waals surface area contributed by atoms with Crippen LogP contribution in [0.15, 0.2) is 46.1 Å². The highest BCUT2D eigenvalue weighted by molar-refractivity contribution is 7.84. The fourth-order valence-corrected chi connectivity index (χ4v) is 3.50. The first-order valence-corrected chi connectivity index (χ1v) is 8.30. The lowest BCUT2D eigenvalue weighted by molar-refractivity contribution is -0.116. The molecule has 0 saturated carbocycles. The van der Waals surface area contributed by atoms with Crippen molar-refractivity contribution in [2.45, 2.75) is 25.2 Å². The summed E-state index contributed by atoms with van der Waals surface area (Å²) in [5.41, 5.74) is 2.87. The lowest BCUT2D eigenvalue weighted by Gasteiger charge is -2.32. The third kappa shape index (κ3) is 3.05. The van der Waals surface area contributed by atoms with Crippen molar-refractivity contribution in [2.75, 3.05) is 13.2 Å². The van der Waals surface area contributed by atoms with E-state index in [4.69, 9.17) is 9.84 Å². The number of carbonyl (C=O) groups is 1. The van der Waals surface area contributed by atoms with E-state index in [0.717, 1.165) is 24.1 Å². The zero-order valence-electron chi connectivity index (χ0n) is 13.1. The quantitative estimate of drug-likeness (QED) is 0.732. The average molecular weight is 342 g/mol. The number of dihydropyridines is 1. The fourth-order valence-electron chi connectivity index (χ4n) is 3.19. The number of thiol groups is 1. The van der Waals surface area contributed by atoms with E-state index >= 15 is 0 Å². The van der Waals surface area contributed by atoms with E-state index in [-0.39, 0.29) is 19.0 Å². The van der Waals surface area contributed by atoms with Crippen LogP contribution in [0.4, 0.5) is 0 Å². The van der Waals surface area contributed by atoms with Crippen LogP contribution in [0.5, 0.6) is 5.75 Å². The molecule has 1 aromatic carbocycles. The van der Waals surface area contributed by atoms with Crippen LogP contribution in [-0.2, 0) is 4.79 Å². The van der Waals surface area contributed by atoms with Gasteiger partial charge in [0.15, 0.2) is 5.78 Å². The average Bonchev–Trinajstić information content (AvgIpc) is 2.59. The summed E-state index contributed by atoms with van der Waals surface area (Å²) in [5.74, 6) is 0.334. The Bertz CT molecular complexity index is 759. The van der Waals surface area contributed by atoms with Gasteiger partial charge < -0.3 is 15.2 Å². The predicted molar refractivity (Wildman–Crippen MR) is 92.4 cm³/mol. The number of ether oxygens (including phenoxy) is 1. The van der Waals surface area contributed by atoms with E-state index in [9.17, 15) is 10.1 Å². The lowest BCUT2D eigenvalue weighted by atomic mass is 9.77. The van der Waals surface area contributed by atoms with Crippen LogP contribution in [-0.4, -0.2) is 24.1 Å². The number of hydrogen-bond acceptors (Lipinski definition) is 6. The molecule has 5 nitrogen and oxygen atoms in total. The van der Waals surface area contributed by atoms with Gasteiger partial charge in [-0.05, 0) is 30.5 Å². The second-order valence-electron chi connectivity index (χ2n) is 5.74. The molecule has 0 aromatic heterocycles. The number of nitriles is 1. The molecule has 1 heterocycles. The molecule has 0 spiro atoms. The SMILES string of the molecule is N#CC1=C(S)NC2=C(C(=O)CCC2)C1c1ccc(OCCO)cc1. The van der Waals surface area contributed by atoms with E-state index in [0.29, 0.717) is 28.3 Å². The first-order chi connectivity index (χ1) is 11.7. The molecule has 6 heteroatoms. The minimum atomic E-state index is -0.390. The van der Waals surface area contributed by atoms with Crippen molar-refractivity contribution in [2.24, 2.45) is 0 Å². The van der Waals surface area contributed by atoms with Gasteiger partial charge in [0, 0.05) is 17.7 Å². The molecule has 2 aliphatic rings. The summed E-state index contributed by atoms with van der Waals surface area (Å²) >= 11 is 4.41. The summed E-state index contributed by atoms with van der Waals surface area (Å²) in [6.45, 7) is 0.176. The van der Waals surface area contributed by atoms with Crippen LogP contribution >= 0.6 is 12.6 Å². The van der Waals surface area contributed by atoms with Crippen molar-refractivity contribution in [3.05, 3.63) is 51.7 Å². The Labute approximate surface area is 146 Å². The van der Waals surface area contributed by atoms with Crippen LogP contribution in [0.2, 0.25) is 0 Å². The second-order valence-corrected chi connectivity index (χ2v) is 6.19. The van der Waals surface area contributed by atoms with Gasteiger partial charge in [-0.25, -0.2) is 0 Å². The van der Waals surface area contributed by atoms with Gasteiger partial charge in [-0.3, -0.25) is 4.79 Å². The minimum Gasteiger partial charge on any atom is -0.491 e. The first kappa shape index (κ1) is 16.6. The molecule has 1 unspecified atom stereocenters. The molecule has 0 saturated heterocycles. The third-order valence-corrected chi connectivity index (χ3v) is 4.60. The molecule has 0 amide bonds. The summed E-state index contributed by atoms with van der Waals surface area (Å²) in [4.78, 5) is 12.5. The Morgan fingerprint density at radius 1 is 1.33 bits per heavy atom. The summed E-state index contributed by atoms with van der Waals surface area (Å²) in [6.07, 6.45) is 2.11. The van der Waals surface area contributed by atoms with Crippen LogP contribution < -0.4 is 10.1 Å². The predicted octanol–water partition coefficient (Wildman–Crippen LogP) is 2.42. The topological polar surface area (TPSA) is 82.4 Å². The number of aliphatic hydroxyl groups is 1. The smallest absolute Gasteiger partial charge is 0.161 e. The Kier molecular flexibility index (Phi) is 4.93. The standard InChI is InChI=1S/C18H18N2O3S/c19-10-13-16(11-4-6-12(7-5-11)23-9-8-21)17-14(20-18(13)24)2-1-3-15(17)22/h4-7,16,20-21,24H,1-3,8-9H2. The maximum atomic E-state index is 12.5. The molecule has 1 aromatic rings. The van der Waals surface area contributed by atoms with Crippen LogP contribution in [0.1, 0.15) is 30.7 Å². The van der Waals surface area contributed by atoms with Crippen LogP contribution in [0.25, 0.3) is 0 Å². The number of nitrogens with one attached hydrogen (secondary N) is 1. The van der Waals surface area contributed by atoms with Crippen molar-refractivity contribution in [3.8, 4) is 11.8 Å². The van der Waals surface area contributed by atoms with Crippen molar-refractivity contribution in [1.82, 2.24) is 5.32 Å². The van der Waals surface area contributed by atoms with E-state index in [1.165, 1.54) is 0 Å². The lowest BCUT2D eigenvalue weighted by Crippen LogP contribution is -2.30. The number of ketones is 1. The third-order valence-electron chi connectivity index (χ3n) is 4.25. The van der Waals surface area contributed by atoms with E-state index < -0.39 is 5.92 Å². The van der Waals surface area contributed by atoms with Gasteiger partial charge in [-0.15, -0.1) is 12.6 Å². The number of allylic oxidation sites excluding steroid dienone is 3. The van der Waals surface area contributed by atoms with Crippen molar-refractivity contribution < 1.29 is 14.6 Å². The molecule has 1 aliphatic carbocycles. The molecule has 3 rings (SSSR count). The Hall–Kier alpha value is -2.23. The van der Waals surface area contributed by atoms with Crippen molar-refractivity contribution >= 4 is 18.4 Å². The number of carbonyl (C=O) groups excluding carboxylic acids is 1. The second kappa shape index (κ2) is 7.12. The van der Waals surface area contributed by atoms with E-state index in [1.54, 1.807) is 12.1 Å². The molecule has 1 atom stereocenters. The van der Waals surface area contributed by atoms with Gasteiger partial charge in [0.2, 0.25) is 0 Å². The molecular formula is C18H18N2O3S. The molecular weight excluding hydrogens is 324 g/mol. The molecule has 2 N–H and O–H groups in total. The Morgan fingerprint density at radius 2 is 2.08 bits per heavy atom. The van der Waals surface area contributed by atoms with Gasteiger partial charge in [0.05, 0.1) is 29.2 Å². The number of benzene rings is 1. The number of Topliss-reactive ketones (excluding diaryl/α,β-unsaturated/α-hetero) is 1. The monoisotopic (exact) mass is 342 g/mol. The van der Waals surface area contributed by atoms with Crippen LogP contribution in [0.3, 0.4) is 0 Å². The van der Waals surface area contributed by atoms with Crippen LogP contribution in [0, 0.1) is 11.3 Å². The largest absolute Gasteiger partial charge is 0.491 e. The van der Waals surface area contributed by atoms with Gasteiger partial charge >= 0.3 is 0 Å². The Balaban J connectivity index is 2.01.